The van der Waals surface area contributed by atoms with Crippen LogP contribution in [0.3, 0.4) is 0 Å². The molecule has 1 saturated carbocycles. The van der Waals surface area contributed by atoms with Gasteiger partial charge in [-0.1, -0.05) is 25.0 Å². The molecule has 3 rings (SSSR count). The normalized spacial score (nSPS) is 18.2. The molecule has 0 atom stereocenters. The molecule has 2 aliphatic rings. The maximum atomic E-state index is 12.3. The third kappa shape index (κ3) is 9.63. The van der Waals surface area contributed by atoms with Crippen molar-refractivity contribution in [2.75, 3.05) is 32.7 Å². The highest BCUT2D eigenvalue weighted by Crippen LogP contribution is 2.22. The first-order valence-electron chi connectivity index (χ1n) is 11.4. The number of nitrogens with one attached hydrogen (secondary N) is 3. The fraction of sp³-hybridized carbons (Fsp3) is 0.682. The van der Waals surface area contributed by atoms with Crippen LogP contribution in [0.25, 0.3) is 0 Å². The van der Waals surface area contributed by atoms with E-state index in [4.69, 9.17) is 0 Å². The molecule has 1 aromatic rings. The molecule has 0 radical (unpaired) electrons. The molecule has 31 heavy (non-hydrogen) atoms. The van der Waals surface area contributed by atoms with Gasteiger partial charge in [0.15, 0.2) is 5.96 Å². The van der Waals surface area contributed by atoms with Gasteiger partial charge in [0.25, 0.3) is 0 Å². The van der Waals surface area contributed by atoms with Crippen molar-refractivity contribution in [2.24, 2.45) is 4.99 Å². The van der Waals surface area contributed by atoms with Gasteiger partial charge >= 0.3 is 0 Å². The Bertz CT molecular complexity index is 774. The largest absolute Gasteiger partial charge is 0.357 e. The number of aliphatic imine (C=N–C) groups is 1. The second-order valence-corrected chi connectivity index (χ2v) is 9.98. The van der Waals surface area contributed by atoms with Gasteiger partial charge in [-0.2, -0.15) is 0 Å². The van der Waals surface area contributed by atoms with E-state index < -0.39 is 10.0 Å². The van der Waals surface area contributed by atoms with Gasteiger partial charge in [0.05, 0.1) is 11.4 Å². The van der Waals surface area contributed by atoms with Gasteiger partial charge in [-0.3, -0.25) is 0 Å². The van der Waals surface area contributed by atoms with Crippen LogP contribution in [0.1, 0.15) is 57.4 Å². The fourth-order valence-electron chi connectivity index (χ4n) is 3.64. The summed E-state index contributed by atoms with van der Waals surface area (Å²) < 4.78 is 27.2. The van der Waals surface area contributed by atoms with Gasteiger partial charge < -0.3 is 15.5 Å². The Hall–Kier alpha value is -0.910. The molecule has 1 aliphatic heterocycles. The van der Waals surface area contributed by atoms with Gasteiger partial charge in [0, 0.05) is 19.1 Å². The number of nitrogens with zero attached hydrogens (tertiary/aromatic N) is 2. The van der Waals surface area contributed by atoms with E-state index in [1.54, 1.807) is 12.1 Å². The molecule has 1 saturated heterocycles. The third-order valence-electron chi connectivity index (χ3n) is 5.54. The lowest BCUT2D eigenvalue weighted by atomic mass is 10.2. The molecule has 3 N–H and O–H groups in total. The van der Waals surface area contributed by atoms with Crippen LogP contribution in [0.15, 0.2) is 34.2 Å². The standard InChI is InChI=1S/C22H37N5O2S.HI/c1-2-23-22(24-14-7-17-27-15-5-3-4-6-16-27)25-18-19-8-12-21(13-9-19)30(28,29)26-20-10-11-20;/h8-9,12-13,20,26H,2-7,10-11,14-18H2,1H3,(H2,23,24,25);1H. The van der Waals surface area contributed by atoms with Crippen molar-refractivity contribution in [2.45, 2.75) is 69.4 Å². The Morgan fingerprint density at radius 2 is 1.74 bits per heavy atom. The highest BCUT2D eigenvalue weighted by Gasteiger charge is 2.27. The summed E-state index contributed by atoms with van der Waals surface area (Å²) in [6, 6.07) is 7.13. The van der Waals surface area contributed by atoms with Crippen molar-refractivity contribution < 1.29 is 8.42 Å². The number of likely N-dealkylation sites (tertiary alicyclic amines) is 1. The molecule has 2 fully saturated rings. The Kier molecular flexibility index (Phi) is 11.6. The predicted octanol–water partition coefficient (Wildman–Crippen LogP) is 3.07. The van der Waals surface area contributed by atoms with E-state index in [9.17, 15) is 8.42 Å². The zero-order valence-electron chi connectivity index (χ0n) is 18.6. The zero-order chi connectivity index (χ0) is 21.2. The minimum Gasteiger partial charge on any atom is -0.357 e. The van der Waals surface area contributed by atoms with Crippen LogP contribution in [0.2, 0.25) is 0 Å². The minimum absolute atomic E-state index is 0. The Labute approximate surface area is 204 Å². The molecule has 0 aromatic heterocycles. The molecule has 176 valence electrons. The summed E-state index contributed by atoms with van der Waals surface area (Å²) in [7, 11) is -3.39. The summed E-state index contributed by atoms with van der Waals surface area (Å²) in [4.78, 5) is 7.54. The van der Waals surface area contributed by atoms with Crippen LogP contribution in [0.5, 0.6) is 0 Å². The topological polar surface area (TPSA) is 85.8 Å². The van der Waals surface area contributed by atoms with E-state index in [2.05, 4.69) is 32.2 Å². The number of guanidine groups is 1. The zero-order valence-corrected chi connectivity index (χ0v) is 21.8. The van der Waals surface area contributed by atoms with Gasteiger partial charge in [0.2, 0.25) is 10.0 Å². The van der Waals surface area contributed by atoms with Crippen LogP contribution in [-0.4, -0.2) is 58.0 Å². The van der Waals surface area contributed by atoms with Crippen LogP contribution < -0.4 is 15.4 Å². The Morgan fingerprint density at radius 1 is 1.06 bits per heavy atom. The summed E-state index contributed by atoms with van der Waals surface area (Å²) in [5.74, 6) is 0.806. The number of hydrogen-bond donors (Lipinski definition) is 3. The minimum atomic E-state index is -3.39. The van der Waals surface area contributed by atoms with Crippen molar-refractivity contribution in [1.82, 2.24) is 20.3 Å². The molecular weight excluding hydrogens is 525 g/mol. The lowest BCUT2D eigenvalue weighted by Crippen LogP contribution is -2.39. The van der Waals surface area contributed by atoms with Crippen LogP contribution in [0.4, 0.5) is 0 Å². The molecule has 0 amide bonds. The van der Waals surface area contributed by atoms with Gasteiger partial charge in [-0.05, 0) is 76.4 Å². The molecular formula is C22H38IN5O2S. The molecule has 1 aliphatic carbocycles. The van der Waals surface area contributed by atoms with Gasteiger partial charge in [0.1, 0.15) is 0 Å². The average Bonchev–Trinajstić information content (AvgIpc) is 3.57. The van der Waals surface area contributed by atoms with E-state index in [0.717, 1.165) is 50.4 Å². The highest BCUT2D eigenvalue weighted by molar-refractivity contribution is 14.0. The fourth-order valence-corrected chi connectivity index (χ4v) is 4.95. The smallest absolute Gasteiger partial charge is 0.240 e. The van der Waals surface area contributed by atoms with Gasteiger partial charge in [-0.15, -0.1) is 24.0 Å². The van der Waals surface area contributed by atoms with Crippen molar-refractivity contribution in [3.8, 4) is 0 Å². The molecule has 0 bridgehead atoms. The molecule has 7 nitrogen and oxygen atoms in total. The average molecular weight is 564 g/mol. The summed E-state index contributed by atoms with van der Waals surface area (Å²) in [6.07, 6.45) is 8.37. The van der Waals surface area contributed by atoms with Crippen molar-refractivity contribution in [3.63, 3.8) is 0 Å². The van der Waals surface area contributed by atoms with Gasteiger partial charge in [-0.25, -0.2) is 18.1 Å². The molecule has 0 unspecified atom stereocenters. The summed E-state index contributed by atoms with van der Waals surface area (Å²) in [6.45, 7) is 7.87. The Morgan fingerprint density at radius 3 is 2.35 bits per heavy atom. The van der Waals surface area contributed by atoms with Crippen molar-refractivity contribution in [1.29, 1.82) is 0 Å². The number of benzene rings is 1. The number of halogens is 1. The van der Waals surface area contributed by atoms with Crippen LogP contribution in [0, 0.1) is 0 Å². The Balaban J connectivity index is 0.00000341. The second-order valence-electron chi connectivity index (χ2n) is 8.27. The SMILES string of the molecule is CCNC(=NCc1ccc(S(=O)(=O)NC2CC2)cc1)NCCCN1CCCCCC1.I. The van der Waals surface area contributed by atoms with E-state index >= 15 is 0 Å². The lowest BCUT2D eigenvalue weighted by molar-refractivity contribution is 0.282. The first kappa shape index (κ1) is 26.3. The lowest BCUT2D eigenvalue weighted by Gasteiger charge is -2.20. The quantitative estimate of drug-likeness (QED) is 0.176. The maximum absolute atomic E-state index is 12.3. The number of hydrogen-bond acceptors (Lipinski definition) is 4. The first-order valence-corrected chi connectivity index (χ1v) is 12.9. The van der Waals surface area contributed by atoms with E-state index in [1.165, 1.54) is 38.8 Å². The summed E-state index contributed by atoms with van der Waals surface area (Å²) in [5.41, 5.74) is 0.988. The number of sulfonamides is 1. The third-order valence-corrected chi connectivity index (χ3v) is 7.08. The predicted molar refractivity (Wildman–Crippen MR) is 138 cm³/mol. The van der Waals surface area contributed by atoms with Crippen molar-refractivity contribution >= 4 is 40.0 Å². The van der Waals surface area contributed by atoms with E-state index in [-0.39, 0.29) is 30.0 Å². The van der Waals surface area contributed by atoms with E-state index in [1.807, 2.05) is 12.1 Å². The van der Waals surface area contributed by atoms with Crippen molar-refractivity contribution in [3.05, 3.63) is 29.8 Å². The summed E-state index contributed by atoms with van der Waals surface area (Å²) in [5, 5.41) is 6.70. The van der Waals surface area contributed by atoms with Crippen LogP contribution in [-0.2, 0) is 16.6 Å². The van der Waals surface area contributed by atoms with E-state index in [0.29, 0.717) is 11.4 Å². The monoisotopic (exact) mass is 563 g/mol. The molecule has 0 spiro atoms. The highest BCUT2D eigenvalue weighted by atomic mass is 127. The molecule has 1 heterocycles. The second kappa shape index (κ2) is 13.6. The molecule has 9 heteroatoms. The first-order chi connectivity index (χ1) is 14.6. The number of rotatable bonds is 10. The van der Waals surface area contributed by atoms with Crippen LogP contribution >= 0.6 is 24.0 Å². The molecule has 1 aromatic carbocycles. The maximum Gasteiger partial charge on any atom is 0.240 e. The summed E-state index contributed by atoms with van der Waals surface area (Å²) >= 11 is 0.